The highest BCUT2D eigenvalue weighted by Gasteiger charge is 2.40. The van der Waals surface area contributed by atoms with Crippen molar-refractivity contribution >= 4 is 23.9 Å². The van der Waals surface area contributed by atoms with E-state index in [2.05, 4.69) is 10.6 Å². The molecule has 2 rings (SSSR count). The van der Waals surface area contributed by atoms with Crippen LogP contribution in [0.15, 0.2) is 48.5 Å². The molecule has 4 atom stereocenters. The van der Waals surface area contributed by atoms with Crippen LogP contribution >= 0.6 is 0 Å². The van der Waals surface area contributed by atoms with Crippen molar-refractivity contribution in [1.29, 1.82) is 0 Å². The third-order valence-electron chi connectivity index (χ3n) is 7.85. The zero-order valence-electron chi connectivity index (χ0n) is 30.4. The topological polar surface area (TPSA) is 114 Å². The Bertz CT molecular complexity index is 1330. The number of carbonyl (C=O) groups is 4. The molecule has 0 fully saturated rings. The lowest BCUT2D eigenvalue weighted by molar-refractivity contribution is -0.159. The predicted molar refractivity (Wildman–Crippen MR) is 186 cm³/mol. The molecule has 2 aromatic carbocycles. The largest absolute Gasteiger partial charge is 0.458 e. The van der Waals surface area contributed by atoms with E-state index >= 15 is 0 Å². The van der Waals surface area contributed by atoms with Gasteiger partial charge in [-0.1, -0.05) is 82.1 Å². The molecule has 0 saturated heterocycles. The van der Waals surface area contributed by atoms with Gasteiger partial charge in [0.1, 0.15) is 29.3 Å². The van der Waals surface area contributed by atoms with Crippen LogP contribution < -0.4 is 10.6 Å². The molecule has 2 aromatic rings. The zero-order chi connectivity index (χ0) is 35.5. The highest BCUT2D eigenvalue weighted by molar-refractivity contribution is 5.94. The van der Waals surface area contributed by atoms with Gasteiger partial charge in [0.15, 0.2) is 0 Å². The maximum atomic E-state index is 14.7. The first-order valence-corrected chi connectivity index (χ1v) is 16.8. The summed E-state index contributed by atoms with van der Waals surface area (Å²) < 4.78 is 11.3. The van der Waals surface area contributed by atoms with E-state index in [9.17, 15) is 19.2 Å². The van der Waals surface area contributed by atoms with Gasteiger partial charge in [-0.3, -0.25) is 9.59 Å². The highest BCUT2D eigenvalue weighted by Crippen LogP contribution is 2.30. The standard InChI is InChI=1S/C38H57N3O6/c1-12-14-23-41(34(43)31(25(3)13-2)40-36(45)47-38(9,10)11)32(30-26(4)19-18-20-27(30)5)33(42)39-29(35(44)46-37(6,7)8)24-28-21-16-15-17-22-28/h15-22,25,29,31-32H,12-14,23-24H2,1-11H3,(H,39,42)(H,40,45). The molecular formula is C38H57N3O6. The molecule has 0 saturated carbocycles. The molecule has 4 unspecified atom stereocenters. The van der Waals surface area contributed by atoms with E-state index in [0.717, 1.165) is 23.1 Å². The molecular weight excluding hydrogens is 594 g/mol. The predicted octanol–water partition coefficient (Wildman–Crippen LogP) is 6.98. The Hall–Kier alpha value is -3.88. The Morgan fingerprint density at radius 2 is 1.38 bits per heavy atom. The zero-order valence-corrected chi connectivity index (χ0v) is 30.4. The summed E-state index contributed by atoms with van der Waals surface area (Å²) >= 11 is 0. The van der Waals surface area contributed by atoms with Crippen LogP contribution in [0.25, 0.3) is 0 Å². The fourth-order valence-electron chi connectivity index (χ4n) is 5.35. The number of benzene rings is 2. The first kappa shape index (κ1) is 39.3. The van der Waals surface area contributed by atoms with Gasteiger partial charge in [0.25, 0.3) is 0 Å². The lowest BCUT2D eigenvalue weighted by atomic mass is 9.91. The van der Waals surface area contributed by atoms with E-state index in [4.69, 9.17) is 9.47 Å². The van der Waals surface area contributed by atoms with Gasteiger partial charge in [0.2, 0.25) is 11.8 Å². The first-order valence-electron chi connectivity index (χ1n) is 16.8. The average Bonchev–Trinajstić information content (AvgIpc) is 2.96. The van der Waals surface area contributed by atoms with Gasteiger partial charge in [-0.2, -0.15) is 0 Å². The summed E-state index contributed by atoms with van der Waals surface area (Å²) in [5, 5.41) is 5.80. The van der Waals surface area contributed by atoms with Gasteiger partial charge in [-0.15, -0.1) is 0 Å². The molecule has 0 aliphatic heterocycles. The normalized spacial score (nSPS) is 14.3. The number of amides is 3. The van der Waals surface area contributed by atoms with E-state index < -0.39 is 53.2 Å². The van der Waals surface area contributed by atoms with E-state index in [-0.39, 0.29) is 18.9 Å². The van der Waals surface area contributed by atoms with Crippen molar-refractivity contribution in [3.8, 4) is 0 Å². The maximum Gasteiger partial charge on any atom is 0.408 e. The van der Waals surface area contributed by atoms with Gasteiger partial charge < -0.3 is 25.0 Å². The number of ether oxygens (including phenoxy) is 2. The Kier molecular flexibility index (Phi) is 14.5. The van der Waals surface area contributed by atoms with Crippen LogP contribution in [0.5, 0.6) is 0 Å². The van der Waals surface area contributed by atoms with Crippen molar-refractivity contribution in [3.05, 3.63) is 70.8 Å². The number of unbranched alkanes of at least 4 members (excludes halogenated alkanes) is 1. The van der Waals surface area contributed by atoms with Crippen molar-refractivity contribution < 1.29 is 28.7 Å². The monoisotopic (exact) mass is 651 g/mol. The highest BCUT2D eigenvalue weighted by atomic mass is 16.6. The van der Waals surface area contributed by atoms with Crippen molar-refractivity contribution in [3.63, 3.8) is 0 Å². The number of hydrogen-bond acceptors (Lipinski definition) is 6. The average molecular weight is 652 g/mol. The number of esters is 1. The number of hydrogen-bond donors (Lipinski definition) is 2. The summed E-state index contributed by atoms with van der Waals surface area (Å²) in [6.45, 7) is 20.6. The summed E-state index contributed by atoms with van der Waals surface area (Å²) in [6.07, 6.45) is 1.50. The quantitative estimate of drug-likeness (QED) is 0.213. The fourth-order valence-corrected chi connectivity index (χ4v) is 5.35. The minimum absolute atomic E-state index is 0.208. The van der Waals surface area contributed by atoms with Gasteiger partial charge in [0.05, 0.1) is 0 Å². The number of nitrogens with zero attached hydrogens (tertiary/aromatic N) is 1. The summed E-state index contributed by atoms with van der Waals surface area (Å²) in [6, 6.07) is 12.1. The molecule has 47 heavy (non-hydrogen) atoms. The lowest BCUT2D eigenvalue weighted by Gasteiger charge is -2.37. The van der Waals surface area contributed by atoms with Crippen LogP contribution in [0, 0.1) is 19.8 Å². The second-order valence-electron chi connectivity index (χ2n) is 14.4. The Morgan fingerprint density at radius 1 is 0.809 bits per heavy atom. The van der Waals surface area contributed by atoms with Crippen LogP contribution in [0.4, 0.5) is 4.79 Å². The lowest BCUT2D eigenvalue weighted by Crippen LogP contribution is -2.57. The molecule has 9 nitrogen and oxygen atoms in total. The smallest absolute Gasteiger partial charge is 0.408 e. The molecule has 0 aliphatic carbocycles. The molecule has 3 amide bonds. The van der Waals surface area contributed by atoms with E-state index in [1.165, 1.54) is 0 Å². The number of rotatable bonds is 14. The fraction of sp³-hybridized carbons (Fsp3) is 0.579. The molecule has 0 bridgehead atoms. The molecule has 9 heteroatoms. The molecule has 0 aliphatic rings. The van der Waals surface area contributed by atoms with Crippen molar-refractivity contribution in [2.75, 3.05) is 6.54 Å². The van der Waals surface area contributed by atoms with Gasteiger partial charge >= 0.3 is 12.1 Å². The van der Waals surface area contributed by atoms with Gasteiger partial charge in [-0.25, -0.2) is 9.59 Å². The van der Waals surface area contributed by atoms with Crippen LogP contribution in [0.1, 0.15) is 110 Å². The summed E-state index contributed by atoms with van der Waals surface area (Å²) in [7, 11) is 0. The van der Waals surface area contributed by atoms with Crippen LogP contribution in [0.2, 0.25) is 0 Å². The number of alkyl carbamates (subject to hydrolysis) is 1. The third kappa shape index (κ3) is 12.3. The van der Waals surface area contributed by atoms with Crippen LogP contribution in [-0.4, -0.2) is 58.6 Å². The molecule has 2 N–H and O–H groups in total. The summed E-state index contributed by atoms with van der Waals surface area (Å²) in [5.41, 5.74) is 1.66. The number of carbonyl (C=O) groups excluding carboxylic acids is 4. The van der Waals surface area contributed by atoms with E-state index in [1.54, 1.807) is 46.4 Å². The second kappa shape index (κ2) is 17.3. The molecule has 0 radical (unpaired) electrons. The van der Waals surface area contributed by atoms with Crippen molar-refractivity contribution in [1.82, 2.24) is 15.5 Å². The summed E-state index contributed by atoms with van der Waals surface area (Å²) in [5.74, 6) is -1.71. The minimum Gasteiger partial charge on any atom is -0.458 e. The Morgan fingerprint density at radius 3 is 1.89 bits per heavy atom. The minimum atomic E-state index is -1.08. The Balaban J connectivity index is 2.69. The number of nitrogens with one attached hydrogen (secondary N) is 2. The Labute approximate surface area is 282 Å². The SMILES string of the molecule is CCCCN(C(=O)C(NC(=O)OC(C)(C)C)C(C)CC)C(C(=O)NC(Cc1ccccc1)C(=O)OC(C)(C)C)c1c(C)cccc1C. The molecule has 0 spiro atoms. The first-order chi connectivity index (χ1) is 21.9. The molecule has 260 valence electrons. The van der Waals surface area contributed by atoms with Crippen LogP contribution in [-0.2, 0) is 30.3 Å². The van der Waals surface area contributed by atoms with E-state index in [1.807, 2.05) is 83.1 Å². The summed E-state index contributed by atoms with van der Waals surface area (Å²) in [4.78, 5) is 57.5. The second-order valence-corrected chi connectivity index (χ2v) is 14.4. The third-order valence-corrected chi connectivity index (χ3v) is 7.85. The van der Waals surface area contributed by atoms with Crippen LogP contribution in [0.3, 0.4) is 0 Å². The van der Waals surface area contributed by atoms with Gasteiger partial charge in [0, 0.05) is 13.0 Å². The van der Waals surface area contributed by atoms with Gasteiger partial charge in [-0.05, 0) is 90.0 Å². The van der Waals surface area contributed by atoms with Crippen molar-refractivity contribution in [2.45, 2.75) is 131 Å². The maximum absolute atomic E-state index is 14.7. The van der Waals surface area contributed by atoms with E-state index in [0.29, 0.717) is 18.4 Å². The number of aryl methyl sites for hydroxylation is 2. The van der Waals surface area contributed by atoms with Crippen molar-refractivity contribution in [2.24, 2.45) is 5.92 Å². The molecule has 0 heterocycles. The molecule has 0 aromatic heterocycles.